The van der Waals surface area contributed by atoms with Gasteiger partial charge in [0.15, 0.2) is 0 Å². The third kappa shape index (κ3) is 4.10. The van der Waals surface area contributed by atoms with Crippen LogP contribution in [0, 0.1) is 0 Å². The Balaban J connectivity index is 1.71. The van der Waals surface area contributed by atoms with Gasteiger partial charge in [-0.15, -0.1) is 0 Å². The number of piperazine rings is 1. The standard InChI is InChI=1S/C13H18N2O4/c16-12(4-3-11-2-1-9-19-11)15-7-5-14(6-8-15)10-13(17)18/h1-2,9H,3-8,10H2,(H,17,18). The number of nitrogens with zero attached hydrogens (tertiary/aromatic N) is 2. The van der Waals surface area contributed by atoms with Crippen molar-refractivity contribution in [3.8, 4) is 0 Å². The van der Waals surface area contributed by atoms with Crippen molar-refractivity contribution >= 4 is 11.9 Å². The van der Waals surface area contributed by atoms with Crippen molar-refractivity contribution in [2.24, 2.45) is 0 Å². The number of furan rings is 1. The highest BCUT2D eigenvalue weighted by Crippen LogP contribution is 2.08. The number of hydrogen-bond acceptors (Lipinski definition) is 4. The van der Waals surface area contributed by atoms with Crippen LogP contribution in [0.4, 0.5) is 0 Å². The van der Waals surface area contributed by atoms with E-state index in [2.05, 4.69) is 0 Å². The third-order valence-corrected chi connectivity index (χ3v) is 3.25. The largest absolute Gasteiger partial charge is 0.480 e. The fourth-order valence-corrected chi connectivity index (χ4v) is 2.19. The zero-order valence-electron chi connectivity index (χ0n) is 10.7. The molecule has 6 nitrogen and oxygen atoms in total. The van der Waals surface area contributed by atoms with E-state index < -0.39 is 5.97 Å². The summed E-state index contributed by atoms with van der Waals surface area (Å²) < 4.78 is 5.19. The molecule has 1 saturated heterocycles. The number of rotatable bonds is 5. The SMILES string of the molecule is O=C(O)CN1CCN(C(=O)CCc2ccco2)CC1. The van der Waals surface area contributed by atoms with E-state index in [0.29, 0.717) is 39.0 Å². The predicted octanol–water partition coefficient (Wildman–Crippen LogP) is 0.441. The summed E-state index contributed by atoms with van der Waals surface area (Å²) in [6.07, 6.45) is 2.65. The average Bonchev–Trinajstić information content (AvgIpc) is 2.89. The van der Waals surface area contributed by atoms with Gasteiger partial charge < -0.3 is 14.4 Å². The van der Waals surface area contributed by atoms with E-state index >= 15 is 0 Å². The number of hydrogen-bond donors (Lipinski definition) is 1. The molecule has 2 rings (SSSR count). The highest BCUT2D eigenvalue weighted by Gasteiger charge is 2.21. The Morgan fingerprint density at radius 3 is 2.58 bits per heavy atom. The fourth-order valence-electron chi connectivity index (χ4n) is 2.19. The highest BCUT2D eigenvalue weighted by molar-refractivity contribution is 5.76. The lowest BCUT2D eigenvalue weighted by Crippen LogP contribution is -2.49. The van der Waals surface area contributed by atoms with Gasteiger partial charge in [0, 0.05) is 39.0 Å². The monoisotopic (exact) mass is 266 g/mol. The lowest BCUT2D eigenvalue weighted by molar-refractivity contribution is -0.139. The second-order valence-corrected chi connectivity index (χ2v) is 4.63. The molecule has 1 aromatic heterocycles. The van der Waals surface area contributed by atoms with E-state index in [-0.39, 0.29) is 12.5 Å². The van der Waals surface area contributed by atoms with E-state index in [1.807, 2.05) is 17.0 Å². The molecule has 0 aliphatic carbocycles. The first-order chi connectivity index (χ1) is 9.15. The predicted molar refractivity (Wildman–Crippen MR) is 67.7 cm³/mol. The van der Waals surface area contributed by atoms with Crippen LogP contribution < -0.4 is 0 Å². The molecule has 0 bridgehead atoms. The summed E-state index contributed by atoms with van der Waals surface area (Å²) in [6, 6.07) is 3.67. The van der Waals surface area contributed by atoms with E-state index in [9.17, 15) is 9.59 Å². The molecule has 0 atom stereocenters. The molecule has 6 heteroatoms. The number of aryl methyl sites for hydroxylation is 1. The summed E-state index contributed by atoms with van der Waals surface area (Å²) >= 11 is 0. The molecule has 104 valence electrons. The van der Waals surface area contributed by atoms with Crippen LogP contribution in [0.15, 0.2) is 22.8 Å². The second kappa shape index (κ2) is 6.38. The van der Waals surface area contributed by atoms with Crippen molar-refractivity contribution in [2.45, 2.75) is 12.8 Å². The minimum absolute atomic E-state index is 0.0500. The molecule has 19 heavy (non-hydrogen) atoms. The lowest BCUT2D eigenvalue weighted by Gasteiger charge is -2.33. The van der Waals surface area contributed by atoms with Crippen molar-refractivity contribution < 1.29 is 19.1 Å². The first kappa shape index (κ1) is 13.6. The van der Waals surface area contributed by atoms with Crippen LogP contribution in [0.2, 0.25) is 0 Å². The Labute approximate surface area is 111 Å². The van der Waals surface area contributed by atoms with Crippen molar-refractivity contribution in [3.63, 3.8) is 0 Å². The topological polar surface area (TPSA) is 74.0 Å². The lowest BCUT2D eigenvalue weighted by atomic mass is 10.2. The molecule has 1 N–H and O–H groups in total. The number of carboxylic acid groups (broad SMARTS) is 1. The Bertz CT molecular complexity index is 422. The Morgan fingerprint density at radius 2 is 2.00 bits per heavy atom. The molecule has 0 unspecified atom stereocenters. The number of carbonyl (C=O) groups excluding carboxylic acids is 1. The maximum atomic E-state index is 12.0. The van der Waals surface area contributed by atoms with Crippen LogP contribution in [0.5, 0.6) is 0 Å². The zero-order chi connectivity index (χ0) is 13.7. The maximum absolute atomic E-state index is 12.0. The van der Waals surface area contributed by atoms with Gasteiger partial charge in [-0.3, -0.25) is 14.5 Å². The van der Waals surface area contributed by atoms with Gasteiger partial charge in [-0.05, 0) is 12.1 Å². The van der Waals surface area contributed by atoms with Gasteiger partial charge in [0.1, 0.15) is 5.76 Å². The number of amides is 1. The minimum Gasteiger partial charge on any atom is -0.480 e. The number of carboxylic acids is 1. The summed E-state index contributed by atoms with van der Waals surface area (Å²) in [6.45, 7) is 2.50. The quantitative estimate of drug-likeness (QED) is 0.837. The van der Waals surface area contributed by atoms with E-state index in [0.717, 1.165) is 5.76 Å². The van der Waals surface area contributed by atoms with Gasteiger partial charge in [0.05, 0.1) is 12.8 Å². The van der Waals surface area contributed by atoms with Crippen molar-refractivity contribution in [3.05, 3.63) is 24.2 Å². The van der Waals surface area contributed by atoms with E-state index in [1.165, 1.54) is 0 Å². The Hall–Kier alpha value is -1.82. The van der Waals surface area contributed by atoms with Gasteiger partial charge in [-0.2, -0.15) is 0 Å². The van der Waals surface area contributed by atoms with Crippen molar-refractivity contribution in [1.82, 2.24) is 9.80 Å². The van der Waals surface area contributed by atoms with Crippen LogP contribution in [-0.2, 0) is 16.0 Å². The molecule has 2 heterocycles. The minimum atomic E-state index is -0.822. The Kier molecular flexibility index (Phi) is 4.57. The molecule has 1 aliphatic heterocycles. The average molecular weight is 266 g/mol. The molecule has 1 aliphatic rings. The molecule has 0 saturated carbocycles. The fraction of sp³-hybridized carbons (Fsp3) is 0.538. The highest BCUT2D eigenvalue weighted by atomic mass is 16.4. The number of carbonyl (C=O) groups is 2. The van der Waals surface area contributed by atoms with Crippen LogP contribution in [-0.4, -0.2) is 59.5 Å². The summed E-state index contributed by atoms with van der Waals surface area (Å²) in [5.74, 6) is 0.0989. The van der Waals surface area contributed by atoms with Gasteiger partial charge >= 0.3 is 5.97 Å². The molecule has 0 radical (unpaired) electrons. The van der Waals surface area contributed by atoms with Crippen LogP contribution >= 0.6 is 0 Å². The molecular formula is C13H18N2O4. The molecule has 0 spiro atoms. The molecule has 0 aromatic carbocycles. The van der Waals surface area contributed by atoms with Crippen molar-refractivity contribution in [1.29, 1.82) is 0 Å². The smallest absolute Gasteiger partial charge is 0.317 e. The van der Waals surface area contributed by atoms with Crippen LogP contribution in [0.1, 0.15) is 12.2 Å². The first-order valence-corrected chi connectivity index (χ1v) is 6.39. The molecule has 1 fully saturated rings. The molecule has 1 amide bonds. The zero-order valence-corrected chi connectivity index (χ0v) is 10.7. The van der Waals surface area contributed by atoms with Crippen LogP contribution in [0.25, 0.3) is 0 Å². The third-order valence-electron chi connectivity index (χ3n) is 3.25. The maximum Gasteiger partial charge on any atom is 0.317 e. The van der Waals surface area contributed by atoms with Gasteiger partial charge in [0.2, 0.25) is 5.91 Å². The normalized spacial score (nSPS) is 16.5. The molecular weight excluding hydrogens is 248 g/mol. The molecule has 1 aromatic rings. The van der Waals surface area contributed by atoms with Gasteiger partial charge in [-0.1, -0.05) is 0 Å². The van der Waals surface area contributed by atoms with E-state index in [1.54, 1.807) is 11.2 Å². The van der Waals surface area contributed by atoms with E-state index in [4.69, 9.17) is 9.52 Å². The van der Waals surface area contributed by atoms with Gasteiger partial charge in [0.25, 0.3) is 0 Å². The summed E-state index contributed by atoms with van der Waals surface area (Å²) in [5, 5.41) is 8.70. The van der Waals surface area contributed by atoms with Crippen molar-refractivity contribution in [2.75, 3.05) is 32.7 Å². The summed E-state index contributed by atoms with van der Waals surface area (Å²) in [7, 11) is 0. The Morgan fingerprint density at radius 1 is 1.26 bits per heavy atom. The number of aliphatic carboxylic acids is 1. The van der Waals surface area contributed by atoms with Crippen LogP contribution in [0.3, 0.4) is 0 Å². The first-order valence-electron chi connectivity index (χ1n) is 6.39. The summed E-state index contributed by atoms with van der Waals surface area (Å²) in [5.41, 5.74) is 0. The summed E-state index contributed by atoms with van der Waals surface area (Å²) in [4.78, 5) is 26.2. The second-order valence-electron chi connectivity index (χ2n) is 4.63. The van der Waals surface area contributed by atoms with Gasteiger partial charge in [-0.25, -0.2) is 0 Å².